The second-order valence-electron chi connectivity index (χ2n) is 2.90. The van der Waals surface area contributed by atoms with Gasteiger partial charge in [-0.25, -0.2) is 0 Å². The second-order valence-corrected chi connectivity index (χ2v) is 4.46. The molecule has 0 aliphatic heterocycles. The summed E-state index contributed by atoms with van der Waals surface area (Å²) < 4.78 is 0.264. The smallest absolute Gasteiger partial charge is 0.282 e. The van der Waals surface area contributed by atoms with Gasteiger partial charge in [0, 0.05) is 13.2 Å². The van der Waals surface area contributed by atoms with Crippen molar-refractivity contribution in [3.05, 3.63) is 9.47 Å². The van der Waals surface area contributed by atoms with Crippen LogP contribution in [0.1, 0.15) is 29.1 Å². The summed E-state index contributed by atoms with van der Waals surface area (Å²) in [7, 11) is 0. The number of hydrogen-bond acceptors (Lipinski definition) is 5. The van der Waals surface area contributed by atoms with Crippen molar-refractivity contribution in [2.75, 3.05) is 13.2 Å². The SMILES string of the molecule is O=C(NCCCCCO)c1nnc(Cl)s1. The Labute approximate surface area is 96.5 Å². The van der Waals surface area contributed by atoms with Crippen LogP contribution in [0, 0.1) is 0 Å². The molecule has 1 amide bonds. The van der Waals surface area contributed by atoms with Gasteiger partial charge in [-0.3, -0.25) is 4.79 Å². The Bertz CT molecular complexity index is 319. The van der Waals surface area contributed by atoms with Crippen molar-refractivity contribution in [2.45, 2.75) is 19.3 Å². The van der Waals surface area contributed by atoms with Crippen LogP contribution in [0.4, 0.5) is 0 Å². The molecule has 84 valence electrons. The molecule has 0 bridgehead atoms. The number of aliphatic hydroxyl groups excluding tert-OH is 1. The van der Waals surface area contributed by atoms with Crippen LogP contribution in [-0.2, 0) is 0 Å². The molecule has 0 saturated heterocycles. The van der Waals surface area contributed by atoms with E-state index in [1.165, 1.54) is 0 Å². The Hall–Kier alpha value is -0.720. The monoisotopic (exact) mass is 249 g/mol. The molecule has 2 N–H and O–H groups in total. The van der Waals surface area contributed by atoms with Gasteiger partial charge in [-0.1, -0.05) is 11.3 Å². The van der Waals surface area contributed by atoms with Crippen molar-refractivity contribution in [3.63, 3.8) is 0 Å². The van der Waals surface area contributed by atoms with Crippen molar-refractivity contribution in [1.82, 2.24) is 15.5 Å². The molecule has 15 heavy (non-hydrogen) atoms. The fraction of sp³-hybridized carbons (Fsp3) is 0.625. The second kappa shape index (κ2) is 6.71. The van der Waals surface area contributed by atoms with E-state index in [-0.39, 0.29) is 22.0 Å². The molecule has 0 aliphatic carbocycles. The number of nitrogens with zero attached hydrogens (tertiary/aromatic N) is 2. The fourth-order valence-electron chi connectivity index (χ4n) is 0.988. The van der Waals surface area contributed by atoms with Gasteiger partial charge < -0.3 is 10.4 Å². The van der Waals surface area contributed by atoms with Crippen molar-refractivity contribution >= 4 is 28.8 Å². The molecule has 1 rings (SSSR count). The topological polar surface area (TPSA) is 75.1 Å². The number of aromatic nitrogens is 2. The molecule has 5 nitrogen and oxygen atoms in total. The lowest BCUT2D eigenvalue weighted by Crippen LogP contribution is -2.24. The molecule has 0 saturated carbocycles. The van der Waals surface area contributed by atoms with Crippen LogP contribution in [0.25, 0.3) is 0 Å². The number of carbonyl (C=O) groups is 1. The third kappa shape index (κ3) is 4.55. The number of carbonyl (C=O) groups excluding carboxylic acids is 1. The minimum Gasteiger partial charge on any atom is -0.396 e. The largest absolute Gasteiger partial charge is 0.396 e. The van der Waals surface area contributed by atoms with E-state index in [1.54, 1.807) is 0 Å². The third-order valence-electron chi connectivity index (χ3n) is 1.72. The summed E-state index contributed by atoms with van der Waals surface area (Å²) in [6.07, 6.45) is 2.51. The minimum absolute atomic E-state index is 0.194. The van der Waals surface area contributed by atoms with Gasteiger partial charge in [-0.05, 0) is 30.9 Å². The fourth-order valence-corrected chi connectivity index (χ4v) is 1.73. The first-order valence-electron chi connectivity index (χ1n) is 4.62. The number of halogens is 1. The summed E-state index contributed by atoms with van der Waals surface area (Å²) in [5.41, 5.74) is 0. The Morgan fingerprint density at radius 3 is 2.80 bits per heavy atom. The predicted molar refractivity (Wildman–Crippen MR) is 58.2 cm³/mol. The summed E-state index contributed by atoms with van der Waals surface area (Å²) in [4.78, 5) is 11.4. The Balaban J connectivity index is 2.19. The van der Waals surface area contributed by atoms with Crippen LogP contribution >= 0.6 is 22.9 Å². The molecule has 0 atom stereocenters. The minimum atomic E-state index is -0.247. The van der Waals surface area contributed by atoms with Crippen molar-refractivity contribution in [3.8, 4) is 0 Å². The van der Waals surface area contributed by atoms with Crippen LogP contribution in [0.5, 0.6) is 0 Å². The van der Waals surface area contributed by atoms with Gasteiger partial charge in [0.2, 0.25) is 9.47 Å². The van der Waals surface area contributed by atoms with Gasteiger partial charge in [-0.15, -0.1) is 10.2 Å². The zero-order valence-electron chi connectivity index (χ0n) is 8.07. The maximum Gasteiger partial charge on any atom is 0.282 e. The molecule has 0 aliphatic rings. The average Bonchev–Trinajstić information content (AvgIpc) is 2.64. The summed E-state index contributed by atoms with van der Waals surface area (Å²) in [5, 5.41) is 18.7. The Kier molecular flexibility index (Phi) is 5.52. The van der Waals surface area contributed by atoms with E-state index < -0.39 is 0 Å². The van der Waals surface area contributed by atoms with E-state index in [0.717, 1.165) is 30.6 Å². The summed E-state index contributed by atoms with van der Waals surface area (Å²) in [6.45, 7) is 0.774. The van der Waals surface area contributed by atoms with E-state index >= 15 is 0 Å². The maximum absolute atomic E-state index is 11.4. The van der Waals surface area contributed by atoms with Gasteiger partial charge in [0.25, 0.3) is 5.91 Å². The van der Waals surface area contributed by atoms with Crippen molar-refractivity contribution in [1.29, 1.82) is 0 Å². The maximum atomic E-state index is 11.4. The molecule has 0 fully saturated rings. The quantitative estimate of drug-likeness (QED) is 0.740. The van der Waals surface area contributed by atoms with Crippen LogP contribution in [0.3, 0.4) is 0 Å². The highest BCUT2D eigenvalue weighted by Crippen LogP contribution is 2.14. The van der Waals surface area contributed by atoms with E-state index in [2.05, 4.69) is 15.5 Å². The molecule has 7 heteroatoms. The van der Waals surface area contributed by atoms with Gasteiger partial charge in [0.1, 0.15) is 0 Å². The zero-order valence-corrected chi connectivity index (χ0v) is 9.64. The normalized spacial score (nSPS) is 10.3. The summed E-state index contributed by atoms with van der Waals surface area (Å²) in [5.74, 6) is -0.247. The Morgan fingerprint density at radius 2 is 2.20 bits per heavy atom. The number of amides is 1. The number of unbranched alkanes of at least 4 members (excludes halogenated alkanes) is 2. The first-order chi connectivity index (χ1) is 7.24. The lowest BCUT2D eigenvalue weighted by molar-refractivity contribution is 0.0951. The van der Waals surface area contributed by atoms with Crippen molar-refractivity contribution < 1.29 is 9.90 Å². The number of aliphatic hydroxyl groups is 1. The number of hydrogen-bond donors (Lipinski definition) is 2. The highest BCUT2D eigenvalue weighted by Gasteiger charge is 2.10. The lowest BCUT2D eigenvalue weighted by Gasteiger charge is -2.01. The number of rotatable bonds is 6. The molecule has 0 unspecified atom stereocenters. The molecule has 1 aromatic rings. The van der Waals surface area contributed by atoms with Crippen LogP contribution in [0.2, 0.25) is 4.47 Å². The first-order valence-corrected chi connectivity index (χ1v) is 5.81. The van der Waals surface area contributed by atoms with Gasteiger partial charge >= 0.3 is 0 Å². The first kappa shape index (κ1) is 12.4. The number of nitrogens with one attached hydrogen (secondary N) is 1. The molecule has 0 spiro atoms. The van der Waals surface area contributed by atoms with Crippen molar-refractivity contribution in [2.24, 2.45) is 0 Å². The van der Waals surface area contributed by atoms with Gasteiger partial charge in [0.05, 0.1) is 0 Å². The molecular formula is C8H12ClN3O2S. The molecular weight excluding hydrogens is 238 g/mol. The van der Waals surface area contributed by atoms with Crippen LogP contribution in [-0.4, -0.2) is 34.4 Å². The predicted octanol–water partition coefficient (Wildman–Crippen LogP) is 1.08. The molecule has 0 aromatic carbocycles. The summed E-state index contributed by atoms with van der Waals surface area (Å²) >= 11 is 6.60. The van der Waals surface area contributed by atoms with Gasteiger partial charge in [0.15, 0.2) is 0 Å². The molecule has 0 radical (unpaired) electrons. The van der Waals surface area contributed by atoms with E-state index in [4.69, 9.17) is 16.7 Å². The van der Waals surface area contributed by atoms with E-state index in [9.17, 15) is 4.79 Å². The molecule has 1 aromatic heterocycles. The van der Waals surface area contributed by atoms with Gasteiger partial charge in [-0.2, -0.15) is 0 Å². The van der Waals surface area contributed by atoms with Crippen LogP contribution < -0.4 is 5.32 Å². The standard InChI is InChI=1S/C8H12ClN3O2S/c9-8-12-11-7(15-8)6(14)10-4-2-1-3-5-13/h13H,1-5H2,(H,10,14). The van der Waals surface area contributed by atoms with Crippen LogP contribution in [0.15, 0.2) is 0 Å². The average molecular weight is 250 g/mol. The zero-order chi connectivity index (χ0) is 11.1. The molecule has 1 heterocycles. The Morgan fingerprint density at radius 1 is 1.40 bits per heavy atom. The van der Waals surface area contributed by atoms with E-state index in [0.29, 0.717) is 6.54 Å². The highest BCUT2D eigenvalue weighted by molar-refractivity contribution is 7.17. The lowest BCUT2D eigenvalue weighted by atomic mass is 10.2. The van der Waals surface area contributed by atoms with E-state index in [1.807, 2.05) is 0 Å². The summed E-state index contributed by atoms with van der Waals surface area (Å²) in [6, 6.07) is 0. The highest BCUT2D eigenvalue weighted by atomic mass is 35.5. The third-order valence-corrected chi connectivity index (χ3v) is 2.73.